The number of halogens is 1. The van der Waals surface area contributed by atoms with Gasteiger partial charge in [-0.05, 0) is 30.7 Å². The van der Waals surface area contributed by atoms with Gasteiger partial charge < -0.3 is 14.8 Å². The summed E-state index contributed by atoms with van der Waals surface area (Å²) in [5.74, 6) is -1.60. The summed E-state index contributed by atoms with van der Waals surface area (Å²) in [6.07, 6.45) is -1.23. The molecule has 8 nitrogen and oxygen atoms in total. The summed E-state index contributed by atoms with van der Waals surface area (Å²) in [7, 11) is 1.31. The lowest BCUT2D eigenvalue weighted by Crippen LogP contribution is -2.30. The molecule has 0 bridgehead atoms. The van der Waals surface area contributed by atoms with Crippen LogP contribution in [-0.2, 0) is 20.7 Å². The third-order valence-electron chi connectivity index (χ3n) is 3.59. The van der Waals surface area contributed by atoms with Crippen molar-refractivity contribution in [2.75, 3.05) is 12.4 Å². The quantitative estimate of drug-likeness (QED) is 0.452. The highest BCUT2D eigenvalue weighted by atomic mass is 19.1. The van der Waals surface area contributed by atoms with Crippen LogP contribution in [0.25, 0.3) is 0 Å². The minimum atomic E-state index is -1.11. The van der Waals surface area contributed by atoms with Gasteiger partial charge in [-0.3, -0.25) is 19.7 Å². The molecule has 0 radical (unpaired) electrons. The number of carbonyl (C=O) groups excluding carboxylic acids is 2. The Morgan fingerprint density at radius 2 is 1.89 bits per heavy atom. The first-order valence-corrected chi connectivity index (χ1v) is 7.87. The molecular weight excluding hydrogens is 359 g/mol. The van der Waals surface area contributed by atoms with Gasteiger partial charge in [0.15, 0.2) is 6.10 Å². The monoisotopic (exact) mass is 376 g/mol. The minimum absolute atomic E-state index is 0.0994. The number of ether oxygens (including phenoxy) is 2. The van der Waals surface area contributed by atoms with Gasteiger partial charge in [-0.2, -0.15) is 0 Å². The van der Waals surface area contributed by atoms with Crippen LogP contribution in [0.15, 0.2) is 42.5 Å². The number of methoxy groups -OCH3 is 1. The number of hydrogen-bond donors (Lipinski definition) is 1. The molecule has 27 heavy (non-hydrogen) atoms. The van der Waals surface area contributed by atoms with Crippen LogP contribution >= 0.6 is 0 Å². The number of nitrogens with zero attached hydrogens (tertiary/aromatic N) is 1. The van der Waals surface area contributed by atoms with E-state index in [1.807, 2.05) is 0 Å². The summed E-state index contributed by atoms with van der Waals surface area (Å²) in [4.78, 5) is 34.3. The zero-order valence-corrected chi connectivity index (χ0v) is 14.6. The Kier molecular flexibility index (Phi) is 6.42. The molecule has 0 aliphatic heterocycles. The Bertz CT molecular complexity index is 853. The maximum absolute atomic E-state index is 12.9. The second-order valence-electron chi connectivity index (χ2n) is 5.57. The highest BCUT2D eigenvalue weighted by Gasteiger charge is 2.20. The molecule has 0 fully saturated rings. The van der Waals surface area contributed by atoms with E-state index in [1.165, 1.54) is 56.5 Å². The van der Waals surface area contributed by atoms with Crippen molar-refractivity contribution < 1.29 is 28.4 Å². The molecule has 1 atom stereocenters. The maximum Gasteiger partial charge on any atom is 0.311 e. The number of carbonyl (C=O) groups is 2. The molecule has 0 spiro atoms. The normalized spacial score (nSPS) is 11.4. The fourth-order valence-corrected chi connectivity index (χ4v) is 2.19. The number of amides is 1. The smallest absolute Gasteiger partial charge is 0.311 e. The summed E-state index contributed by atoms with van der Waals surface area (Å²) >= 11 is 0. The van der Waals surface area contributed by atoms with Crippen LogP contribution in [0.5, 0.6) is 5.75 Å². The number of benzene rings is 2. The first kappa shape index (κ1) is 19.8. The number of nitro benzene ring substituents is 1. The van der Waals surface area contributed by atoms with Crippen LogP contribution in [-0.4, -0.2) is 30.0 Å². The molecule has 2 rings (SSSR count). The van der Waals surface area contributed by atoms with Crippen LogP contribution in [0, 0.1) is 15.9 Å². The molecule has 0 unspecified atom stereocenters. The highest BCUT2D eigenvalue weighted by molar-refractivity contribution is 5.96. The number of nitrogens with one attached hydrogen (secondary N) is 1. The fraction of sp³-hybridized carbons (Fsp3) is 0.222. The zero-order chi connectivity index (χ0) is 20.0. The number of anilines is 1. The van der Waals surface area contributed by atoms with Crippen molar-refractivity contribution in [3.8, 4) is 5.75 Å². The van der Waals surface area contributed by atoms with Crippen LogP contribution in [0.4, 0.5) is 15.8 Å². The van der Waals surface area contributed by atoms with E-state index in [4.69, 9.17) is 9.47 Å². The van der Waals surface area contributed by atoms with Gasteiger partial charge in [-0.1, -0.05) is 12.1 Å². The average molecular weight is 376 g/mol. The summed E-state index contributed by atoms with van der Waals surface area (Å²) in [5, 5.41) is 13.3. The van der Waals surface area contributed by atoms with Crippen LogP contribution in [0.3, 0.4) is 0 Å². The number of hydrogen-bond acceptors (Lipinski definition) is 6. The maximum atomic E-state index is 12.9. The van der Waals surface area contributed by atoms with Gasteiger partial charge in [0.05, 0.1) is 30.2 Å². The van der Waals surface area contributed by atoms with Crippen molar-refractivity contribution >= 4 is 23.3 Å². The molecule has 0 saturated carbocycles. The average Bonchev–Trinajstić information content (AvgIpc) is 2.63. The van der Waals surface area contributed by atoms with E-state index in [1.54, 1.807) is 0 Å². The van der Waals surface area contributed by atoms with E-state index in [0.29, 0.717) is 5.56 Å². The number of non-ortho nitro benzene ring substituents is 1. The third-order valence-corrected chi connectivity index (χ3v) is 3.59. The van der Waals surface area contributed by atoms with E-state index in [0.717, 1.165) is 0 Å². The predicted octanol–water partition coefficient (Wildman–Crippen LogP) is 2.86. The Morgan fingerprint density at radius 3 is 2.48 bits per heavy atom. The molecule has 0 saturated heterocycles. The molecule has 0 heterocycles. The summed E-state index contributed by atoms with van der Waals surface area (Å²) in [6, 6.07) is 9.04. The van der Waals surface area contributed by atoms with Crippen molar-refractivity contribution in [3.05, 3.63) is 64.0 Å². The Balaban J connectivity index is 1.97. The lowest BCUT2D eigenvalue weighted by molar-refractivity contribution is -0.384. The SMILES string of the molecule is COc1cc([N+](=O)[O-])ccc1NC(=O)[C@@H](C)OC(=O)Cc1ccc(F)cc1. The third kappa shape index (κ3) is 5.50. The molecule has 0 aromatic heterocycles. The van der Waals surface area contributed by atoms with E-state index >= 15 is 0 Å². The topological polar surface area (TPSA) is 108 Å². The largest absolute Gasteiger partial charge is 0.494 e. The van der Waals surface area contributed by atoms with Gasteiger partial charge in [-0.25, -0.2) is 4.39 Å². The molecule has 2 aromatic carbocycles. The summed E-state index contributed by atoms with van der Waals surface area (Å²) in [6.45, 7) is 1.38. The molecule has 1 N–H and O–H groups in total. The number of esters is 1. The van der Waals surface area contributed by atoms with Crippen molar-refractivity contribution in [2.45, 2.75) is 19.4 Å². The van der Waals surface area contributed by atoms with E-state index < -0.39 is 28.7 Å². The second-order valence-corrected chi connectivity index (χ2v) is 5.57. The molecule has 1 amide bonds. The zero-order valence-electron chi connectivity index (χ0n) is 14.6. The first-order valence-electron chi connectivity index (χ1n) is 7.87. The Labute approximate surface area is 154 Å². The van der Waals surface area contributed by atoms with Crippen molar-refractivity contribution in [1.29, 1.82) is 0 Å². The van der Waals surface area contributed by atoms with Gasteiger partial charge in [0, 0.05) is 6.07 Å². The first-order chi connectivity index (χ1) is 12.8. The summed E-state index contributed by atoms with van der Waals surface area (Å²) < 4.78 is 23.0. The van der Waals surface area contributed by atoms with E-state index in [9.17, 15) is 24.1 Å². The van der Waals surface area contributed by atoms with Crippen molar-refractivity contribution in [1.82, 2.24) is 0 Å². The molecule has 2 aromatic rings. The molecule has 9 heteroatoms. The molecule has 142 valence electrons. The van der Waals surface area contributed by atoms with Crippen molar-refractivity contribution in [2.24, 2.45) is 0 Å². The van der Waals surface area contributed by atoms with Gasteiger partial charge in [-0.15, -0.1) is 0 Å². The van der Waals surface area contributed by atoms with Gasteiger partial charge in [0.2, 0.25) is 0 Å². The van der Waals surface area contributed by atoms with E-state index in [2.05, 4.69) is 5.32 Å². The summed E-state index contributed by atoms with van der Waals surface area (Å²) in [5.41, 5.74) is 0.559. The predicted molar refractivity (Wildman–Crippen MR) is 93.9 cm³/mol. The van der Waals surface area contributed by atoms with Gasteiger partial charge >= 0.3 is 5.97 Å². The Morgan fingerprint density at radius 1 is 1.22 bits per heavy atom. The minimum Gasteiger partial charge on any atom is -0.494 e. The van der Waals surface area contributed by atoms with E-state index in [-0.39, 0.29) is 23.5 Å². The number of rotatable bonds is 7. The molecular formula is C18H17FN2O6. The van der Waals surface area contributed by atoms with Gasteiger partial charge in [0.25, 0.3) is 11.6 Å². The second kappa shape index (κ2) is 8.75. The lowest BCUT2D eigenvalue weighted by Gasteiger charge is -2.15. The van der Waals surface area contributed by atoms with Crippen LogP contribution in [0.1, 0.15) is 12.5 Å². The van der Waals surface area contributed by atoms with Crippen LogP contribution < -0.4 is 10.1 Å². The Hall–Kier alpha value is -3.49. The molecule has 0 aliphatic rings. The standard InChI is InChI=1S/C18H17FN2O6/c1-11(27-17(22)9-12-3-5-13(19)6-4-12)18(23)20-15-8-7-14(21(24)25)10-16(15)26-2/h3-8,10-11H,9H2,1-2H3,(H,20,23)/t11-/m1/s1. The van der Waals surface area contributed by atoms with Crippen LogP contribution in [0.2, 0.25) is 0 Å². The lowest BCUT2D eigenvalue weighted by atomic mass is 10.1. The fourth-order valence-electron chi connectivity index (χ4n) is 2.19. The number of nitro groups is 1. The van der Waals surface area contributed by atoms with Crippen molar-refractivity contribution in [3.63, 3.8) is 0 Å². The highest BCUT2D eigenvalue weighted by Crippen LogP contribution is 2.29. The molecule has 0 aliphatic carbocycles. The van der Waals surface area contributed by atoms with Gasteiger partial charge in [0.1, 0.15) is 11.6 Å².